The van der Waals surface area contributed by atoms with E-state index in [1.807, 2.05) is 6.08 Å². The summed E-state index contributed by atoms with van der Waals surface area (Å²) < 4.78 is 0. The highest BCUT2D eigenvalue weighted by molar-refractivity contribution is 5.91. The maximum atomic E-state index is 12.0. The van der Waals surface area contributed by atoms with E-state index < -0.39 is 12.1 Å². The van der Waals surface area contributed by atoms with Crippen molar-refractivity contribution in [1.82, 2.24) is 0 Å². The van der Waals surface area contributed by atoms with Gasteiger partial charge in [0.2, 0.25) is 0 Å². The number of carboxylic acid groups (broad SMARTS) is 1. The maximum absolute atomic E-state index is 12.0. The minimum absolute atomic E-state index is 0.210. The first kappa shape index (κ1) is 20.1. The van der Waals surface area contributed by atoms with E-state index in [9.17, 15) is 14.7 Å². The molecule has 0 aliphatic heterocycles. The van der Waals surface area contributed by atoms with Gasteiger partial charge in [0.25, 0.3) is 0 Å². The number of aliphatic carboxylic acids is 1. The van der Waals surface area contributed by atoms with Crippen LogP contribution >= 0.6 is 0 Å². The Morgan fingerprint density at radius 2 is 1.89 bits per heavy atom. The van der Waals surface area contributed by atoms with Crippen molar-refractivity contribution >= 4 is 11.8 Å². The lowest BCUT2D eigenvalue weighted by atomic mass is 9.46. The Balaban J connectivity index is 1.55. The van der Waals surface area contributed by atoms with Gasteiger partial charge >= 0.3 is 5.97 Å². The summed E-state index contributed by atoms with van der Waals surface area (Å²) in [6, 6.07) is 0. The average molecular weight is 389 g/mol. The van der Waals surface area contributed by atoms with Crippen LogP contribution in [-0.2, 0) is 9.59 Å². The number of aliphatic hydroxyl groups excluding tert-OH is 1. The Bertz CT molecular complexity index is 697. The number of ketones is 1. The van der Waals surface area contributed by atoms with E-state index in [-0.39, 0.29) is 16.7 Å². The van der Waals surface area contributed by atoms with Gasteiger partial charge < -0.3 is 10.2 Å². The zero-order valence-corrected chi connectivity index (χ0v) is 17.6. The Kier molecular flexibility index (Phi) is 5.01. The highest BCUT2D eigenvalue weighted by Gasteiger charge is 2.59. The minimum Gasteiger partial charge on any atom is -0.479 e. The smallest absolute Gasteiger partial charge is 0.332 e. The first-order valence-corrected chi connectivity index (χ1v) is 11.3. The molecule has 0 aromatic heterocycles. The molecule has 3 saturated carbocycles. The van der Waals surface area contributed by atoms with Crippen LogP contribution in [0.2, 0.25) is 0 Å². The molecular formula is C24H36O4. The summed E-state index contributed by atoms with van der Waals surface area (Å²) in [6.07, 6.45) is 9.94. The SMILES string of the molecule is C[C@H](C[C@@H](O)C(=O)O)[C@H]1CC[C@H]2[C@@H]3CCC4=CC(=O)CC[C@]4(C)[C@H]3CC[C@]12C. The molecule has 0 bridgehead atoms. The van der Waals surface area contributed by atoms with Crippen LogP contribution in [0.25, 0.3) is 0 Å². The first-order chi connectivity index (χ1) is 13.2. The molecule has 0 saturated heterocycles. The fourth-order valence-electron chi connectivity index (χ4n) is 8.15. The Morgan fingerprint density at radius 1 is 1.14 bits per heavy atom. The minimum atomic E-state index is -1.24. The number of hydrogen-bond donors (Lipinski definition) is 2. The highest BCUT2D eigenvalue weighted by atomic mass is 16.4. The van der Waals surface area contributed by atoms with E-state index in [4.69, 9.17) is 5.11 Å². The molecule has 0 aromatic rings. The van der Waals surface area contributed by atoms with Crippen LogP contribution in [-0.4, -0.2) is 28.1 Å². The topological polar surface area (TPSA) is 74.6 Å². The van der Waals surface area contributed by atoms with Gasteiger partial charge in [-0.05, 0) is 97.9 Å². The van der Waals surface area contributed by atoms with E-state index in [0.717, 1.165) is 25.2 Å². The predicted molar refractivity (Wildman–Crippen MR) is 108 cm³/mol. The molecule has 4 aliphatic rings. The Morgan fingerprint density at radius 3 is 2.61 bits per heavy atom. The van der Waals surface area contributed by atoms with E-state index in [0.29, 0.717) is 36.4 Å². The van der Waals surface area contributed by atoms with Crippen LogP contribution in [0.15, 0.2) is 11.6 Å². The average Bonchev–Trinajstić information content (AvgIpc) is 2.99. The van der Waals surface area contributed by atoms with Crippen LogP contribution in [0.5, 0.6) is 0 Å². The second kappa shape index (κ2) is 6.97. The predicted octanol–water partition coefficient (Wildman–Crippen LogP) is 4.61. The summed E-state index contributed by atoms with van der Waals surface area (Å²) >= 11 is 0. The molecular weight excluding hydrogens is 352 g/mol. The van der Waals surface area contributed by atoms with E-state index >= 15 is 0 Å². The molecule has 0 unspecified atom stereocenters. The largest absolute Gasteiger partial charge is 0.479 e. The summed E-state index contributed by atoms with van der Waals surface area (Å²) in [7, 11) is 0. The number of allylic oxidation sites excluding steroid dienone is 1. The molecule has 0 radical (unpaired) electrons. The van der Waals surface area contributed by atoms with Crippen LogP contribution in [0, 0.1) is 40.4 Å². The monoisotopic (exact) mass is 388 g/mol. The van der Waals surface area contributed by atoms with Crippen molar-refractivity contribution in [3.05, 3.63) is 11.6 Å². The third-order valence-electron chi connectivity index (χ3n) is 9.60. The van der Waals surface area contributed by atoms with Gasteiger partial charge in [-0.1, -0.05) is 26.3 Å². The number of rotatable bonds is 4. The van der Waals surface area contributed by atoms with Gasteiger partial charge in [-0.2, -0.15) is 0 Å². The lowest BCUT2D eigenvalue weighted by Crippen LogP contribution is -2.51. The lowest BCUT2D eigenvalue weighted by Gasteiger charge is -2.58. The fraction of sp³-hybridized carbons (Fsp3) is 0.833. The van der Waals surface area contributed by atoms with Gasteiger partial charge in [-0.25, -0.2) is 4.79 Å². The number of carbonyl (C=O) groups excluding carboxylic acids is 1. The summed E-state index contributed by atoms with van der Waals surface area (Å²) in [5.41, 5.74) is 1.89. The van der Waals surface area contributed by atoms with Crippen molar-refractivity contribution in [2.45, 2.75) is 84.7 Å². The zero-order chi connectivity index (χ0) is 20.3. The molecule has 0 heterocycles. The van der Waals surface area contributed by atoms with Crippen molar-refractivity contribution in [3.63, 3.8) is 0 Å². The molecule has 4 aliphatic carbocycles. The second-order valence-electron chi connectivity index (χ2n) is 10.8. The molecule has 2 N–H and O–H groups in total. The Labute approximate surface area is 168 Å². The van der Waals surface area contributed by atoms with Gasteiger partial charge in [0, 0.05) is 6.42 Å². The highest BCUT2D eigenvalue weighted by Crippen LogP contribution is 2.67. The van der Waals surface area contributed by atoms with Crippen molar-refractivity contribution < 1.29 is 19.8 Å². The standard InChI is InChI=1S/C24H36O4/c1-14(12-21(26)22(27)28)18-6-7-19-17-5-4-15-13-16(25)8-10-23(15,2)20(17)9-11-24(18,19)3/h13-14,17-21,26H,4-12H2,1-3H3,(H,27,28)/t14-,17+,18-,19+,20+,21-,23+,24-/m1/s1. The van der Waals surface area contributed by atoms with Gasteiger partial charge in [0.1, 0.15) is 0 Å². The zero-order valence-electron chi connectivity index (χ0n) is 17.6. The number of carbonyl (C=O) groups is 2. The van der Waals surface area contributed by atoms with E-state index in [1.54, 1.807) is 0 Å². The maximum Gasteiger partial charge on any atom is 0.332 e. The number of hydrogen-bond acceptors (Lipinski definition) is 3. The molecule has 0 spiro atoms. The van der Waals surface area contributed by atoms with Crippen LogP contribution in [0.3, 0.4) is 0 Å². The molecule has 3 fully saturated rings. The third kappa shape index (κ3) is 2.98. The first-order valence-electron chi connectivity index (χ1n) is 11.3. The molecule has 28 heavy (non-hydrogen) atoms. The molecule has 0 amide bonds. The van der Waals surface area contributed by atoms with Crippen molar-refractivity contribution in [3.8, 4) is 0 Å². The van der Waals surface area contributed by atoms with Crippen molar-refractivity contribution in [1.29, 1.82) is 0 Å². The summed E-state index contributed by atoms with van der Waals surface area (Å²) in [4.78, 5) is 23.1. The van der Waals surface area contributed by atoms with Gasteiger partial charge in [0.15, 0.2) is 11.9 Å². The van der Waals surface area contributed by atoms with E-state index in [2.05, 4.69) is 20.8 Å². The molecule has 156 valence electrons. The van der Waals surface area contributed by atoms with Crippen molar-refractivity contribution in [2.75, 3.05) is 0 Å². The fourth-order valence-corrected chi connectivity index (χ4v) is 8.15. The van der Waals surface area contributed by atoms with Crippen LogP contribution in [0.1, 0.15) is 78.6 Å². The third-order valence-corrected chi connectivity index (χ3v) is 9.60. The van der Waals surface area contributed by atoms with Crippen LogP contribution < -0.4 is 0 Å². The number of carboxylic acids is 1. The van der Waals surface area contributed by atoms with Gasteiger partial charge in [-0.3, -0.25) is 4.79 Å². The summed E-state index contributed by atoms with van der Waals surface area (Å²) in [5.74, 6) is 2.09. The summed E-state index contributed by atoms with van der Waals surface area (Å²) in [6.45, 7) is 7.02. The van der Waals surface area contributed by atoms with Gasteiger partial charge in [0.05, 0.1) is 0 Å². The van der Waals surface area contributed by atoms with E-state index in [1.165, 1.54) is 31.3 Å². The molecule has 4 nitrogen and oxygen atoms in total. The van der Waals surface area contributed by atoms with Crippen LogP contribution in [0.4, 0.5) is 0 Å². The van der Waals surface area contributed by atoms with Gasteiger partial charge in [-0.15, -0.1) is 0 Å². The quantitative estimate of drug-likeness (QED) is 0.738. The van der Waals surface area contributed by atoms with Crippen molar-refractivity contribution in [2.24, 2.45) is 40.4 Å². The lowest BCUT2D eigenvalue weighted by molar-refractivity contribution is -0.148. The molecule has 0 aromatic carbocycles. The molecule has 4 heteroatoms. The molecule has 8 atom stereocenters. The second-order valence-corrected chi connectivity index (χ2v) is 10.8. The Hall–Kier alpha value is -1.16. The normalized spacial score (nSPS) is 44.7. The number of aliphatic hydroxyl groups is 1. The summed E-state index contributed by atoms with van der Waals surface area (Å²) in [5, 5.41) is 19.0. The number of fused-ring (bicyclic) bond motifs is 5. The molecule has 4 rings (SSSR count).